The Morgan fingerprint density at radius 2 is 2.05 bits per heavy atom. The second-order valence-corrected chi connectivity index (χ2v) is 6.01. The Morgan fingerprint density at radius 1 is 1.32 bits per heavy atom. The lowest BCUT2D eigenvalue weighted by Gasteiger charge is -2.22. The average molecular weight is 326 g/mol. The molecule has 1 amide bonds. The van der Waals surface area contributed by atoms with Crippen LogP contribution in [0.2, 0.25) is 0 Å². The molecular formula is C15H20BrNO2. The van der Waals surface area contributed by atoms with Crippen LogP contribution in [0.25, 0.3) is 0 Å². The first-order chi connectivity index (χ1) is 9.09. The summed E-state index contributed by atoms with van der Waals surface area (Å²) < 4.78 is 0.829. The van der Waals surface area contributed by atoms with E-state index >= 15 is 0 Å². The number of aliphatic hydroxyl groups is 1. The average Bonchev–Trinajstić information content (AvgIpc) is 2.58. The molecule has 0 aromatic heterocycles. The predicted octanol–water partition coefficient (Wildman–Crippen LogP) is 3.18. The number of halogens is 1. The number of aryl methyl sites for hydroxylation is 1. The third-order valence-corrected chi connectivity index (χ3v) is 4.78. The first-order valence-electron chi connectivity index (χ1n) is 6.83. The van der Waals surface area contributed by atoms with Crippen molar-refractivity contribution >= 4 is 21.8 Å². The van der Waals surface area contributed by atoms with Crippen molar-refractivity contribution in [3.05, 3.63) is 33.8 Å². The lowest BCUT2D eigenvalue weighted by Crippen LogP contribution is -2.42. The molecule has 0 spiro atoms. The lowest BCUT2D eigenvalue weighted by molar-refractivity contribution is 0.0818. The minimum atomic E-state index is -0.421. The fourth-order valence-electron chi connectivity index (χ4n) is 2.53. The van der Waals surface area contributed by atoms with Crippen LogP contribution in [0.1, 0.15) is 48.0 Å². The highest BCUT2D eigenvalue weighted by atomic mass is 79.9. The van der Waals surface area contributed by atoms with E-state index in [4.69, 9.17) is 0 Å². The smallest absolute Gasteiger partial charge is 0.252 e. The van der Waals surface area contributed by atoms with Crippen molar-refractivity contribution in [3.63, 3.8) is 0 Å². The zero-order valence-corrected chi connectivity index (χ0v) is 12.7. The van der Waals surface area contributed by atoms with E-state index in [0.717, 1.165) is 42.1 Å². The molecule has 2 atom stereocenters. The van der Waals surface area contributed by atoms with Gasteiger partial charge < -0.3 is 10.4 Å². The third-order valence-electron chi connectivity index (χ3n) is 3.73. The van der Waals surface area contributed by atoms with E-state index in [9.17, 15) is 9.90 Å². The molecule has 0 saturated heterocycles. The zero-order chi connectivity index (χ0) is 13.8. The maximum atomic E-state index is 12.3. The zero-order valence-electron chi connectivity index (χ0n) is 11.2. The highest BCUT2D eigenvalue weighted by Crippen LogP contribution is 2.22. The first-order valence-corrected chi connectivity index (χ1v) is 7.63. The van der Waals surface area contributed by atoms with Gasteiger partial charge >= 0.3 is 0 Å². The Hall–Kier alpha value is -0.870. The van der Waals surface area contributed by atoms with Gasteiger partial charge in [-0.05, 0) is 47.3 Å². The highest BCUT2D eigenvalue weighted by molar-refractivity contribution is 9.10. The standard InChI is InChI=1S/C15H20BrNO2/c1-10-6-5-7-11(14(10)16)15(19)17-12-8-3-2-4-9-13(12)18/h5-7,12-13,18H,2-4,8-9H2,1H3,(H,17,19). The number of nitrogens with one attached hydrogen (secondary N) is 1. The summed E-state index contributed by atoms with van der Waals surface area (Å²) in [5, 5.41) is 13.0. The quantitative estimate of drug-likeness (QED) is 0.820. The molecule has 19 heavy (non-hydrogen) atoms. The van der Waals surface area contributed by atoms with Crippen molar-refractivity contribution in [2.75, 3.05) is 0 Å². The van der Waals surface area contributed by atoms with Gasteiger partial charge in [0.2, 0.25) is 0 Å². The second kappa shape index (κ2) is 6.53. The lowest BCUT2D eigenvalue weighted by atomic mass is 10.0. The van der Waals surface area contributed by atoms with Gasteiger partial charge in [-0.2, -0.15) is 0 Å². The van der Waals surface area contributed by atoms with Crippen molar-refractivity contribution in [2.45, 2.75) is 51.2 Å². The largest absolute Gasteiger partial charge is 0.391 e. The molecule has 1 aromatic carbocycles. The molecule has 3 nitrogen and oxygen atoms in total. The van der Waals surface area contributed by atoms with Crippen LogP contribution < -0.4 is 5.32 Å². The Balaban J connectivity index is 2.09. The molecule has 1 saturated carbocycles. The van der Waals surface area contributed by atoms with Gasteiger partial charge in [-0.1, -0.05) is 31.4 Å². The number of aliphatic hydroxyl groups excluding tert-OH is 1. The molecule has 1 aliphatic rings. The van der Waals surface area contributed by atoms with Gasteiger partial charge in [0.1, 0.15) is 0 Å². The van der Waals surface area contributed by atoms with E-state index in [1.165, 1.54) is 0 Å². The normalized spacial score (nSPS) is 23.7. The third kappa shape index (κ3) is 3.57. The highest BCUT2D eigenvalue weighted by Gasteiger charge is 2.24. The fraction of sp³-hybridized carbons (Fsp3) is 0.533. The maximum Gasteiger partial charge on any atom is 0.252 e. The van der Waals surface area contributed by atoms with E-state index in [1.54, 1.807) is 6.07 Å². The molecule has 1 aliphatic carbocycles. The Morgan fingerprint density at radius 3 is 2.84 bits per heavy atom. The summed E-state index contributed by atoms with van der Waals surface area (Å²) in [6.07, 6.45) is 4.46. The van der Waals surface area contributed by atoms with Crippen LogP contribution in [-0.2, 0) is 0 Å². The van der Waals surface area contributed by atoms with E-state index in [2.05, 4.69) is 21.2 Å². The molecule has 0 radical (unpaired) electrons. The van der Waals surface area contributed by atoms with Crippen LogP contribution in [0.5, 0.6) is 0 Å². The molecule has 1 aromatic rings. The van der Waals surface area contributed by atoms with Gasteiger partial charge in [-0.25, -0.2) is 0 Å². The van der Waals surface area contributed by atoms with E-state index in [1.807, 2.05) is 19.1 Å². The minimum absolute atomic E-state index is 0.110. The van der Waals surface area contributed by atoms with Crippen LogP contribution in [-0.4, -0.2) is 23.2 Å². The number of rotatable bonds is 2. The monoisotopic (exact) mass is 325 g/mol. The fourth-order valence-corrected chi connectivity index (χ4v) is 2.97. The molecule has 2 unspecified atom stereocenters. The molecule has 104 valence electrons. The van der Waals surface area contributed by atoms with Crippen LogP contribution >= 0.6 is 15.9 Å². The Bertz CT molecular complexity index is 461. The van der Waals surface area contributed by atoms with E-state index in [-0.39, 0.29) is 11.9 Å². The summed E-state index contributed by atoms with van der Waals surface area (Å²) >= 11 is 3.45. The van der Waals surface area contributed by atoms with Crippen molar-refractivity contribution in [1.29, 1.82) is 0 Å². The van der Waals surface area contributed by atoms with Gasteiger partial charge in [0.05, 0.1) is 17.7 Å². The number of hydrogen-bond acceptors (Lipinski definition) is 2. The number of carbonyl (C=O) groups excluding carboxylic acids is 1. The van der Waals surface area contributed by atoms with Crippen LogP contribution in [0.4, 0.5) is 0 Å². The number of amides is 1. The summed E-state index contributed by atoms with van der Waals surface area (Å²) in [5.41, 5.74) is 1.67. The van der Waals surface area contributed by atoms with Gasteiger partial charge in [-0.15, -0.1) is 0 Å². The number of carbonyl (C=O) groups is 1. The minimum Gasteiger partial charge on any atom is -0.391 e. The molecule has 0 bridgehead atoms. The summed E-state index contributed by atoms with van der Waals surface area (Å²) in [6, 6.07) is 5.51. The van der Waals surface area contributed by atoms with Crippen molar-refractivity contribution in [3.8, 4) is 0 Å². The molecule has 4 heteroatoms. The topological polar surface area (TPSA) is 49.3 Å². The van der Waals surface area contributed by atoms with Crippen LogP contribution in [0.3, 0.4) is 0 Å². The second-order valence-electron chi connectivity index (χ2n) is 5.22. The SMILES string of the molecule is Cc1cccc(C(=O)NC2CCCCCC2O)c1Br. The molecular weight excluding hydrogens is 306 g/mol. The van der Waals surface area contributed by atoms with E-state index < -0.39 is 6.10 Å². The van der Waals surface area contributed by atoms with Crippen molar-refractivity contribution in [1.82, 2.24) is 5.32 Å². The maximum absolute atomic E-state index is 12.3. The summed E-state index contributed by atoms with van der Waals surface area (Å²) in [5.74, 6) is -0.110. The molecule has 2 rings (SSSR count). The molecule has 1 fully saturated rings. The van der Waals surface area contributed by atoms with Crippen molar-refractivity contribution < 1.29 is 9.90 Å². The summed E-state index contributed by atoms with van der Waals surface area (Å²) in [6.45, 7) is 1.96. The molecule has 0 aliphatic heterocycles. The Kier molecular flexibility index (Phi) is 4.99. The van der Waals surface area contributed by atoms with Gasteiger partial charge in [0.15, 0.2) is 0 Å². The van der Waals surface area contributed by atoms with Gasteiger partial charge in [0.25, 0.3) is 5.91 Å². The molecule has 0 heterocycles. The van der Waals surface area contributed by atoms with E-state index in [0.29, 0.717) is 5.56 Å². The summed E-state index contributed by atoms with van der Waals surface area (Å²) in [7, 11) is 0. The van der Waals surface area contributed by atoms with Crippen molar-refractivity contribution in [2.24, 2.45) is 0 Å². The van der Waals surface area contributed by atoms with Gasteiger partial charge in [0, 0.05) is 4.47 Å². The Labute approximate surface area is 122 Å². The molecule has 2 N–H and O–H groups in total. The number of benzene rings is 1. The number of hydrogen-bond donors (Lipinski definition) is 2. The predicted molar refractivity (Wildman–Crippen MR) is 79.2 cm³/mol. The van der Waals surface area contributed by atoms with Gasteiger partial charge in [-0.3, -0.25) is 4.79 Å². The van der Waals surface area contributed by atoms with Crippen LogP contribution in [0, 0.1) is 6.92 Å². The summed E-state index contributed by atoms with van der Waals surface area (Å²) in [4.78, 5) is 12.3. The van der Waals surface area contributed by atoms with Crippen LogP contribution in [0.15, 0.2) is 22.7 Å². The first kappa shape index (κ1) is 14.5.